The standard InChI is InChI=1S/C10H14/c1-4-10-8(2)6-5-7-9(10)3/h4-6,9H,1,7H2,2-3H3. The van der Waals surface area contributed by atoms with E-state index in [0.29, 0.717) is 5.92 Å². The Bertz CT molecular complexity index is 194. The van der Waals surface area contributed by atoms with E-state index in [1.807, 2.05) is 6.08 Å². The topological polar surface area (TPSA) is 0 Å². The Labute approximate surface area is 62.9 Å². The molecule has 54 valence electrons. The van der Waals surface area contributed by atoms with Gasteiger partial charge in [-0.3, -0.25) is 0 Å². The molecule has 1 atom stereocenters. The van der Waals surface area contributed by atoms with Gasteiger partial charge in [0.1, 0.15) is 0 Å². The van der Waals surface area contributed by atoms with E-state index in [1.54, 1.807) is 0 Å². The minimum atomic E-state index is 0.669. The van der Waals surface area contributed by atoms with Crippen LogP contribution in [0.4, 0.5) is 0 Å². The quantitative estimate of drug-likeness (QED) is 0.517. The average Bonchev–Trinajstić information content (AvgIpc) is 1.88. The summed E-state index contributed by atoms with van der Waals surface area (Å²) in [5.41, 5.74) is 2.77. The molecule has 1 unspecified atom stereocenters. The summed E-state index contributed by atoms with van der Waals surface area (Å²) in [5, 5.41) is 0. The van der Waals surface area contributed by atoms with Gasteiger partial charge in [0, 0.05) is 0 Å². The lowest BCUT2D eigenvalue weighted by Gasteiger charge is -2.16. The summed E-state index contributed by atoms with van der Waals surface area (Å²) in [6, 6.07) is 0. The van der Waals surface area contributed by atoms with Crippen molar-refractivity contribution < 1.29 is 0 Å². The van der Waals surface area contributed by atoms with E-state index in [2.05, 4.69) is 32.6 Å². The summed E-state index contributed by atoms with van der Waals surface area (Å²) in [7, 11) is 0. The van der Waals surface area contributed by atoms with Crippen LogP contribution in [0.2, 0.25) is 0 Å². The number of rotatable bonds is 1. The van der Waals surface area contributed by atoms with Crippen LogP contribution in [0, 0.1) is 5.92 Å². The second-order valence-electron chi connectivity index (χ2n) is 2.88. The monoisotopic (exact) mass is 134 g/mol. The van der Waals surface area contributed by atoms with E-state index >= 15 is 0 Å². The van der Waals surface area contributed by atoms with Crippen molar-refractivity contribution in [1.82, 2.24) is 0 Å². The van der Waals surface area contributed by atoms with Gasteiger partial charge in [0.15, 0.2) is 0 Å². The van der Waals surface area contributed by atoms with Crippen LogP contribution < -0.4 is 0 Å². The largest absolute Gasteiger partial charge is 0.0988 e. The smallest absolute Gasteiger partial charge is 0.0153 e. The Balaban J connectivity index is 2.94. The molecule has 0 aromatic rings. The van der Waals surface area contributed by atoms with Gasteiger partial charge in [-0.1, -0.05) is 31.7 Å². The number of hydrogen-bond acceptors (Lipinski definition) is 0. The third kappa shape index (κ3) is 1.21. The summed E-state index contributed by atoms with van der Waals surface area (Å²) in [4.78, 5) is 0. The van der Waals surface area contributed by atoms with Gasteiger partial charge in [0.25, 0.3) is 0 Å². The van der Waals surface area contributed by atoms with Crippen molar-refractivity contribution in [3.63, 3.8) is 0 Å². The summed E-state index contributed by atoms with van der Waals surface area (Å²) < 4.78 is 0. The molecule has 0 amide bonds. The highest BCUT2D eigenvalue weighted by molar-refractivity contribution is 5.35. The molecule has 0 aromatic carbocycles. The number of hydrogen-bond donors (Lipinski definition) is 0. The van der Waals surface area contributed by atoms with Gasteiger partial charge in [0.05, 0.1) is 0 Å². The highest BCUT2D eigenvalue weighted by Gasteiger charge is 2.09. The Morgan fingerprint density at radius 3 is 2.80 bits per heavy atom. The maximum atomic E-state index is 3.79. The first-order chi connectivity index (χ1) is 4.75. The molecule has 1 aliphatic carbocycles. The van der Waals surface area contributed by atoms with Crippen molar-refractivity contribution >= 4 is 0 Å². The first-order valence-electron chi connectivity index (χ1n) is 3.75. The van der Waals surface area contributed by atoms with Crippen molar-refractivity contribution in [2.75, 3.05) is 0 Å². The van der Waals surface area contributed by atoms with Crippen LogP contribution in [0.3, 0.4) is 0 Å². The van der Waals surface area contributed by atoms with Crippen molar-refractivity contribution in [3.05, 3.63) is 36.0 Å². The second kappa shape index (κ2) is 2.87. The lowest BCUT2D eigenvalue weighted by Crippen LogP contribution is -2.01. The van der Waals surface area contributed by atoms with Crippen LogP contribution in [0.25, 0.3) is 0 Å². The average molecular weight is 134 g/mol. The first kappa shape index (κ1) is 7.33. The summed E-state index contributed by atoms with van der Waals surface area (Å²) >= 11 is 0. The highest BCUT2D eigenvalue weighted by atomic mass is 14.1. The number of allylic oxidation sites excluding steroid dienone is 5. The molecule has 0 fully saturated rings. The Morgan fingerprint density at radius 2 is 2.40 bits per heavy atom. The van der Waals surface area contributed by atoms with E-state index in [0.717, 1.165) is 0 Å². The molecule has 0 radical (unpaired) electrons. The van der Waals surface area contributed by atoms with Gasteiger partial charge in [0.2, 0.25) is 0 Å². The molecular formula is C10H14. The Hall–Kier alpha value is -0.780. The molecule has 10 heavy (non-hydrogen) atoms. The van der Waals surface area contributed by atoms with Gasteiger partial charge in [-0.05, 0) is 30.4 Å². The van der Waals surface area contributed by atoms with Crippen LogP contribution in [0.1, 0.15) is 20.3 Å². The molecular weight excluding hydrogens is 120 g/mol. The lowest BCUT2D eigenvalue weighted by molar-refractivity contribution is 0.696. The van der Waals surface area contributed by atoms with Crippen molar-refractivity contribution in [2.45, 2.75) is 20.3 Å². The van der Waals surface area contributed by atoms with Crippen LogP contribution in [-0.4, -0.2) is 0 Å². The van der Waals surface area contributed by atoms with Gasteiger partial charge >= 0.3 is 0 Å². The molecule has 0 saturated carbocycles. The fraction of sp³-hybridized carbons (Fsp3) is 0.400. The molecule has 1 aliphatic rings. The maximum absolute atomic E-state index is 3.79. The predicted octanol–water partition coefficient (Wildman–Crippen LogP) is 3.08. The van der Waals surface area contributed by atoms with Gasteiger partial charge in [-0.15, -0.1) is 0 Å². The second-order valence-corrected chi connectivity index (χ2v) is 2.88. The van der Waals surface area contributed by atoms with E-state index < -0.39 is 0 Å². The molecule has 0 heterocycles. The van der Waals surface area contributed by atoms with Gasteiger partial charge < -0.3 is 0 Å². The minimum Gasteiger partial charge on any atom is -0.0988 e. The van der Waals surface area contributed by atoms with Crippen LogP contribution in [0.5, 0.6) is 0 Å². The normalized spacial score (nSPS) is 25.2. The third-order valence-electron chi connectivity index (χ3n) is 2.06. The molecule has 0 saturated heterocycles. The SMILES string of the molecule is C=CC1=C(C)C=CCC1C. The van der Waals surface area contributed by atoms with E-state index in [-0.39, 0.29) is 0 Å². The molecule has 0 N–H and O–H groups in total. The molecule has 1 rings (SSSR count). The zero-order chi connectivity index (χ0) is 7.56. The zero-order valence-corrected chi connectivity index (χ0v) is 6.72. The Morgan fingerprint density at radius 1 is 1.70 bits per heavy atom. The van der Waals surface area contributed by atoms with Gasteiger partial charge in [-0.2, -0.15) is 0 Å². The van der Waals surface area contributed by atoms with E-state index in [9.17, 15) is 0 Å². The van der Waals surface area contributed by atoms with Crippen LogP contribution >= 0.6 is 0 Å². The van der Waals surface area contributed by atoms with E-state index in [4.69, 9.17) is 0 Å². The minimum absolute atomic E-state index is 0.669. The molecule has 0 bridgehead atoms. The van der Waals surface area contributed by atoms with Crippen LogP contribution in [0.15, 0.2) is 36.0 Å². The molecule has 0 nitrogen and oxygen atoms in total. The van der Waals surface area contributed by atoms with E-state index in [1.165, 1.54) is 17.6 Å². The summed E-state index contributed by atoms with van der Waals surface area (Å²) in [5.74, 6) is 0.669. The molecule has 0 aromatic heterocycles. The molecule has 0 spiro atoms. The van der Waals surface area contributed by atoms with Crippen molar-refractivity contribution in [3.8, 4) is 0 Å². The molecule has 0 heteroatoms. The zero-order valence-electron chi connectivity index (χ0n) is 6.72. The predicted molar refractivity (Wildman–Crippen MR) is 45.8 cm³/mol. The summed E-state index contributed by atoms with van der Waals surface area (Å²) in [6.07, 6.45) is 7.55. The fourth-order valence-corrected chi connectivity index (χ4v) is 1.42. The van der Waals surface area contributed by atoms with Crippen molar-refractivity contribution in [1.29, 1.82) is 0 Å². The third-order valence-corrected chi connectivity index (χ3v) is 2.06. The van der Waals surface area contributed by atoms with Gasteiger partial charge in [-0.25, -0.2) is 0 Å². The maximum Gasteiger partial charge on any atom is -0.0153 e. The first-order valence-corrected chi connectivity index (χ1v) is 3.75. The molecule has 0 aliphatic heterocycles. The van der Waals surface area contributed by atoms with Crippen LogP contribution in [-0.2, 0) is 0 Å². The lowest BCUT2D eigenvalue weighted by atomic mass is 9.89. The fourth-order valence-electron chi connectivity index (χ4n) is 1.42. The van der Waals surface area contributed by atoms with Crippen molar-refractivity contribution in [2.24, 2.45) is 5.92 Å². The summed E-state index contributed by atoms with van der Waals surface area (Å²) in [6.45, 7) is 8.18. The Kier molecular flexibility index (Phi) is 2.10. The highest BCUT2D eigenvalue weighted by Crippen LogP contribution is 2.24.